The Kier molecular flexibility index (Phi) is 2.85. The van der Waals surface area contributed by atoms with Crippen molar-refractivity contribution in [3.05, 3.63) is 0 Å². The van der Waals surface area contributed by atoms with Gasteiger partial charge in [-0.15, -0.1) is 0 Å². The molecule has 0 amide bonds. The van der Waals surface area contributed by atoms with E-state index in [2.05, 4.69) is 19.2 Å². The Hall–Kier alpha value is -0.0800. The van der Waals surface area contributed by atoms with E-state index in [1.54, 1.807) is 0 Å². The van der Waals surface area contributed by atoms with Crippen LogP contribution in [0.1, 0.15) is 39.5 Å². The van der Waals surface area contributed by atoms with E-state index in [9.17, 15) is 5.11 Å². The van der Waals surface area contributed by atoms with Crippen LogP contribution >= 0.6 is 0 Å². The molecule has 0 aromatic rings. The van der Waals surface area contributed by atoms with Crippen LogP contribution in [0.3, 0.4) is 0 Å². The summed E-state index contributed by atoms with van der Waals surface area (Å²) >= 11 is 0. The van der Waals surface area contributed by atoms with Crippen molar-refractivity contribution >= 4 is 0 Å². The molecule has 1 saturated carbocycles. The first-order valence-electron chi connectivity index (χ1n) is 6.03. The molecule has 82 valence electrons. The minimum atomic E-state index is 0.318. The third-order valence-corrected chi connectivity index (χ3v) is 4.70. The fourth-order valence-electron chi connectivity index (χ4n) is 3.71. The third kappa shape index (κ3) is 1.49. The molecule has 1 aliphatic heterocycles. The van der Waals surface area contributed by atoms with Crippen molar-refractivity contribution in [3.8, 4) is 0 Å². The molecule has 2 aliphatic rings. The SMILES string of the molecule is CC1CCC2(CCNC2CO)C(C)C1. The second kappa shape index (κ2) is 3.82. The number of rotatable bonds is 1. The minimum absolute atomic E-state index is 0.318. The first-order chi connectivity index (χ1) is 6.69. The highest BCUT2D eigenvalue weighted by Crippen LogP contribution is 2.50. The van der Waals surface area contributed by atoms with Gasteiger partial charge in [-0.1, -0.05) is 20.3 Å². The quantitative estimate of drug-likeness (QED) is 0.671. The van der Waals surface area contributed by atoms with Gasteiger partial charge in [0.05, 0.1) is 6.61 Å². The molecule has 0 aromatic carbocycles. The van der Waals surface area contributed by atoms with Crippen molar-refractivity contribution in [2.24, 2.45) is 17.3 Å². The second-order valence-corrected chi connectivity index (χ2v) is 5.45. The normalized spacial score (nSPS) is 48.6. The Bertz CT molecular complexity index is 206. The number of nitrogens with one attached hydrogen (secondary N) is 1. The molecule has 0 bridgehead atoms. The lowest BCUT2D eigenvalue weighted by molar-refractivity contribution is 0.0411. The molecule has 2 heteroatoms. The van der Waals surface area contributed by atoms with E-state index in [0.717, 1.165) is 18.4 Å². The van der Waals surface area contributed by atoms with Crippen LogP contribution in [0.15, 0.2) is 0 Å². The minimum Gasteiger partial charge on any atom is -0.395 e. The summed E-state index contributed by atoms with van der Waals surface area (Å²) in [5, 5.41) is 12.9. The molecule has 2 N–H and O–H groups in total. The maximum atomic E-state index is 9.40. The molecule has 4 atom stereocenters. The zero-order valence-corrected chi connectivity index (χ0v) is 9.42. The largest absolute Gasteiger partial charge is 0.395 e. The summed E-state index contributed by atoms with van der Waals surface area (Å²) in [7, 11) is 0. The molecule has 1 spiro atoms. The molecule has 1 heterocycles. The second-order valence-electron chi connectivity index (χ2n) is 5.45. The van der Waals surface area contributed by atoms with E-state index in [-0.39, 0.29) is 0 Å². The van der Waals surface area contributed by atoms with E-state index >= 15 is 0 Å². The Morgan fingerprint density at radius 3 is 2.79 bits per heavy atom. The summed E-state index contributed by atoms with van der Waals surface area (Å²) in [6.07, 6.45) is 5.28. The summed E-state index contributed by atoms with van der Waals surface area (Å²) in [6, 6.07) is 0.366. The van der Waals surface area contributed by atoms with Gasteiger partial charge in [-0.25, -0.2) is 0 Å². The van der Waals surface area contributed by atoms with Crippen LogP contribution in [0.5, 0.6) is 0 Å². The van der Waals surface area contributed by atoms with Gasteiger partial charge >= 0.3 is 0 Å². The van der Waals surface area contributed by atoms with Gasteiger partial charge in [-0.3, -0.25) is 0 Å². The van der Waals surface area contributed by atoms with Crippen molar-refractivity contribution < 1.29 is 5.11 Å². The van der Waals surface area contributed by atoms with Gasteiger partial charge in [0.25, 0.3) is 0 Å². The molecule has 2 nitrogen and oxygen atoms in total. The number of aliphatic hydroxyl groups excluding tert-OH is 1. The van der Waals surface area contributed by atoms with Crippen LogP contribution < -0.4 is 5.32 Å². The monoisotopic (exact) mass is 197 g/mol. The summed E-state index contributed by atoms with van der Waals surface area (Å²) in [5.41, 5.74) is 0.418. The zero-order chi connectivity index (χ0) is 10.2. The van der Waals surface area contributed by atoms with Crippen molar-refractivity contribution in [1.29, 1.82) is 0 Å². The van der Waals surface area contributed by atoms with Crippen LogP contribution in [0, 0.1) is 17.3 Å². The van der Waals surface area contributed by atoms with Gasteiger partial charge in [0.1, 0.15) is 0 Å². The Morgan fingerprint density at radius 2 is 2.14 bits per heavy atom. The Morgan fingerprint density at radius 1 is 1.36 bits per heavy atom. The van der Waals surface area contributed by atoms with Gasteiger partial charge in [-0.05, 0) is 43.1 Å². The highest BCUT2D eigenvalue weighted by atomic mass is 16.3. The van der Waals surface area contributed by atoms with Gasteiger partial charge < -0.3 is 10.4 Å². The molecule has 1 saturated heterocycles. The molecule has 1 aliphatic carbocycles. The molecule has 0 radical (unpaired) electrons. The molecular formula is C12H23NO. The maximum absolute atomic E-state index is 9.40. The van der Waals surface area contributed by atoms with E-state index in [0.29, 0.717) is 18.1 Å². The van der Waals surface area contributed by atoms with Crippen LogP contribution in [-0.2, 0) is 0 Å². The standard InChI is InChI=1S/C12H23NO/c1-9-3-4-12(10(2)7-9)5-6-13-11(12)8-14/h9-11,13-14H,3-8H2,1-2H3. The highest BCUT2D eigenvalue weighted by molar-refractivity contribution is 5.02. The summed E-state index contributed by atoms with van der Waals surface area (Å²) in [5.74, 6) is 1.66. The predicted octanol–water partition coefficient (Wildman–Crippen LogP) is 1.78. The van der Waals surface area contributed by atoms with Gasteiger partial charge in [-0.2, -0.15) is 0 Å². The molecule has 4 unspecified atom stereocenters. The van der Waals surface area contributed by atoms with E-state index in [1.165, 1.54) is 25.7 Å². The fraction of sp³-hybridized carbons (Fsp3) is 1.00. The lowest BCUT2D eigenvalue weighted by Gasteiger charge is -2.45. The van der Waals surface area contributed by atoms with Crippen molar-refractivity contribution in [1.82, 2.24) is 5.32 Å². The topological polar surface area (TPSA) is 32.3 Å². The lowest BCUT2D eigenvalue weighted by atomic mass is 9.61. The number of aliphatic hydroxyl groups is 1. The third-order valence-electron chi connectivity index (χ3n) is 4.70. The zero-order valence-electron chi connectivity index (χ0n) is 9.42. The average Bonchev–Trinajstić information content (AvgIpc) is 2.56. The van der Waals surface area contributed by atoms with Crippen LogP contribution in [-0.4, -0.2) is 24.3 Å². The van der Waals surface area contributed by atoms with Gasteiger partial charge in [0, 0.05) is 6.04 Å². The highest BCUT2D eigenvalue weighted by Gasteiger charge is 2.48. The molecule has 2 rings (SSSR count). The predicted molar refractivity (Wildman–Crippen MR) is 58.1 cm³/mol. The lowest BCUT2D eigenvalue weighted by Crippen LogP contribution is -2.46. The first-order valence-corrected chi connectivity index (χ1v) is 6.03. The van der Waals surface area contributed by atoms with E-state index < -0.39 is 0 Å². The van der Waals surface area contributed by atoms with Crippen molar-refractivity contribution in [2.45, 2.75) is 45.6 Å². The van der Waals surface area contributed by atoms with Crippen LogP contribution in [0.2, 0.25) is 0 Å². The van der Waals surface area contributed by atoms with Crippen LogP contribution in [0.25, 0.3) is 0 Å². The maximum Gasteiger partial charge on any atom is 0.0590 e. The van der Waals surface area contributed by atoms with E-state index in [4.69, 9.17) is 0 Å². The summed E-state index contributed by atoms with van der Waals surface area (Å²) < 4.78 is 0. The number of hydrogen-bond acceptors (Lipinski definition) is 2. The van der Waals surface area contributed by atoms with Crippen molar-refractivity contribution in [3.63, 3.8) is 0 Å². The smallest absolute Gasteiger partial charge is 0.0590 e. The number of hydrogen-bond donors (Lipinski definition) is 2. The molecule has 14 heavy (non-hydrogen) atoms. The Balaban J connectivity index is 2.13. The van der Waals surface area contributed by atoms with Crippen LogP contribution in [0.4, 0.5) is 0 Å². The fourth-order valence-corrected chi connectivity index (χ4v) is 3.71. The molecule has 2 fully saturated rings. The summed E-state index contributed by atoms with van der Waals surface area (Å²) in [6.45, 7) is 6.16. The molecule has 0 aromatic heterocycles. The first kappa shape index (κ1) is 10.4. The van der Waals surface area contributed by atoms with Crippen molar-refractivity contribution in [2.75, 3.05) is 13.2 Å². The summed E-state index contributed by atoms with van der Waals surface area (Å²) in [4.78, 5) is 0. The van der Waals surface area contributed by atoms with Gasteiger partial charge in [0.2, 0.25) is 0 Å². The van der Waals surface area contributed by atoms with E-state index in [1.807, 2.05) is 0 Å². The Labute approximate surface area is 87.1 Å². The van der Waals surface area contributed by atoms with Gasteiger partial charge in [0.15, 0.2) is 0 Å². The average molecular weight is 197 g/mol. The molecular weight excluding hydrogens is 174 g/mol.